The minimum atomic E-state index is -0.733. The minimum Gasteiger partial charge on any atom is -0.628 e. The maximum atomic E-state index is 12.5. The molecule has 5 rings (SSSR count). The van der Waals surface area contributed by atoms with Crippen molar-refractivity contribution in [3.63, 3.8) is 0 Å². The van der Waals surface area contributed by atoms with Crippen LogP contribution in [0.15, 0.2) is 60.7 Å². The van der Waals surface area contributed by atoms with Gasteiger partial charge in [-0.05, 0) is 29.3 Å². The van der Waals surface area contributed by atoms with Gasteiger partial charge in [-0.1, -0.05) is 24.3 Å². The first-order chi connectivity index (χ1) is 13.8. The summed E-state index contributed by atoms with van der Waals surface area (Å²) in [6.07, 6.45) is 0. The van der Waals surface area contributed by atoms with Gasteiger partial charge in [0.1, 0.15) is 17.2 Å². The zero-order valence-electron chi connectivity index (χ0n) is 17.1. The molecule has 0 aromatic heterocycles. The van der Waals surface area contributed by atoms with Gasteiger partial charge in [0.15, 0.2) is 5.60 Å². The van der Waals surface area contributed by atoms with E-state index in [0.29, 0.717) is 18.0 Å². The van der Waals surface area contributed by atoms with Crippen molar-refractivity contribution in [3.05, 3.63) is 88.1 Å². The van der Waals surface area contributed by atoms with Crippen LogP contribution in [0.25, 0.3) is 0 Å². The summed E-state index contributed by atoms with van der Waals surface area (Å²) in [6, 6.07) is 20.2. The molecule has 5 nitrogen and oxygen atoms in total. The smallest absolute Gasteiger partial charge is 0.151 e. The van der Waals surface area contributed by atoms with E-state index in [4.69, 9.17) is 9.47 Å². The molecule has 0 aliphatic carbocycles. The van der Waals surface area contributed by atoms with Gasteiger partial charge in [-0.3, -0.25) is 0 Å². The Morgan fingerprint density at radius 1 is 0.897 bits per heavy atom. The second-order valence-corrected chi connectivity index (χ2v) is 8.34. The van der Waals surface area contributed by atoms with E-state index in [9.17, 15) is 5.21 Å². The summed E-state index contributed by atoms with van der Waals surface area (Å²) in [5.41, 5.74) is 5.18. The van der Waals surface area contributed by atoms with Crippen molar-refractivity contribution in [1.82, 2.24) is 4.65 Å². The summed E-state index contributed by atoms with van der Waals surface area (Å²) in [6.45, 7) is 0.537. The minimum absolute atomic E-state index is 0.522. The first-order valence-corrected chi connectivity index (χ1v) is 9.73. The lowest BCUT2D eigenvalue weighted by atomic mass is 9.77. The Hall–Kier alpha value is -2.86. The number of hydrogen-bond acceptors (Lipinski definition) is 4. The molecule has 0 saturated heterocycles. The molecule has 0 amide bonds. The molecule has 2 heterocycles. The quantitative estimate of drug-likeness (QED) is 0.470. The van der Waals surface area contributed by atoms with Crippen molar-refractivity contribution in [2.75, 3.05) is 33.1 Å². The Bertz CT molecular complexity index is 1120. The molecule has 0 saturated carbocycles. The van der Waals surface area contributed by atoms with Crippen LogP contribution in [0.3, 0.4) is 0 Å². The Morgan fingerprint density at radius 2 is 1.59 bits per heavy atom. The molecule has 1 atom stereocenters. The fourth-order valence-electron chi connectivity index (χ4n) is 4.35. The Kier molecular flexibility index (Phi) is 3.80. The Morgan fingerprint density at radius 3 is 2.31 bits per heavy atom. The molecule has 1 spiro atoms. The standard InChI is InChI=1S/C24H24N2O3/c1-25(2)17-9-11-20-22(13-17)29-23-14-18(26(3,4)27)10-12-21(23)24(20)19-8-6-5-7-16(19)15-28-24/h5-14H,15H2,1-4H3. The third kappa shape index (κ3) is 2.59. The van der Waals surface area contributed by atoms with Gasteiger partial charge >= 0.3 is 0 Å². The highest BCUT2D eigenvalue weighted by Crippen LogP contribution is 2.57. The van der Waals surface area contributed by atoms with Crippen LogP contribution in [0, 0.1) is 5.21 Å². The second-order valence-electron chi connectivity index (χ2n) is 8.34. The molecule has 0 fully saturated rings. The van der Waals surface area contributed by atoms with Gasteiger partial charge in [-0.25, -0.2) is 0 Å². The van der Waals surface area contributed by atoms with Gasteiger partial charge in [-0.15, -0.1) is 0 Å². The summed E-state index contributed by atoms with van der Waals surface area (Å²) in [5, 5.41) is 12.5. The van der Waals surface area contributed by atoms with E-state index in [1.165, 1.54) is 5.56 Å². The third-order valence-electron chi connectivity index (χ3n) is 5.89. The highest BCUT2D eigenvalue weighted by molar-refractivity contribution is 5.68. The maximum Gasteiger partial charge on any atom is 0.151 e. The van der Waals surface area contributed by atoms with E-state index < -0.39 is 10.2 Å². The Labute approximate surface area is 170 Å². The molecular formula is C24H24N2O3. The van der Waals surface area contributed by atoms with E-state index in [1.54, 1.807) is 14.1 Å². The maximum absolute atomic E-state index is 12.5. The third-order valence-corrected chi connectivity index (χ3v) is 5.89. The first-order valence-electron chi connectivity index (χ1n) is 9.73. The summed E-state index contributed by atoms with van der Waals surface area (Å²) in [5.74, 6) is 1.43. The fourth-order valence-corrected chi connectivity index (χ4v) is 4.35. The van der Waals surface area contributed by atoms with Crippen molar-refractivity contribution in [2.45, 2.75) is 12.2 Å². The van der Waals surface area contributed by atoms with E-state index in [0.717, 1.165) is 28.1 Å². The highest BCUT2D eigenvalue weighted by Gasteiger charge is 2.49. The van der Waals surface area contributed by atoms with Gasteiger partial charge in [-0.2, -0.15) is 0 Å². The normalized spacial score (nSPS) is 19.3. The van der Waals surface area contributed by atoms with Crippen LogP contribution in [0.4, 0.5) is 11.4 Å². The van der Waals surface area contributed by atoms with Crippen LogP contribution in [0.1, 0.15) is 22.3 Å². The molecule has 148 valence electrons. The first kappa shape index (κ1) is 18.2. The average Bonchev–Trinajstić information content (AvgIpc) is 3.07. The zero-order chi connectivity index (χ0) is 20.4. The lowest BCUT2D eigenvalue weighted by Gasteiger charge is -2.39. The van der Waals surface area contributed by atoms with Gasteiger partial charge in [0.05, 0.1) is 20.7 Å². The number of nitrogens with zero attached hydrogens (tertiary/aromatic N) is 2. The van der Waals surface area contributed by atoms with Crippen molar-refractivity contribution >= 4 is 11.4 Å². The molecule has 0 radical (unpaired) electrons. The number of benzene rings is 3. The largest absolute Gasteiger partial charge is 0.628 e. The summed E-state index contributed by atoms with van der Waals surface area (Å²) in [4.78, 5) is 2.04. The van der Waals surface area contributed by atoms with Crippen molar-refractivity contribution in [3.8, 4) is 11.5 Å². The predicted molar refractivity (Wildman–Crippen MR) is 115 cm³/mol. The van der Waals surface area contributed by atoms with Crippen LogP contribution in [-0.2, 0) is 16.9 Å². The molecule has 5 heteroatoms. The Balaban J connectivity index is 1.80. The summed E-state index contributed by atoms with van der Waals surface area (Å²) >= 11 is 0. The van der Waals surface area contributed by atoms with Crippen LogP contribution in [0.2, 0.25) is 0 Å². The second kappa shape index (κ2) is 6.07. The SMILES string of the molecule is CN(C)c1ccc2c(c1)Oc1cc([N+](C)(C)[O-])ccc1C21OCc2ccccc21. The molecule has 3 aromatic carbocycles. The fraction of sp³-hybridized carbons (Fsp3) is 0.250. The van der Waals surface area contributed by atoms with Crippen molar-refractivity contribution in [1.29, 1.82) is 0 Å². The van der Waals surface area contributed by atoms with Gasteiger partial charge < -0.3 is 24.2 Å². The molecule has 2 aliphatic rings. The molecule has 2 aliphatic heterocycles. The molecular weight excluding hydrogens is 364 g/mol. The van der Waals surface area contributed by atoms with Crippen molar-refractivity contribution in [2.24, 2.45) is 0 Å². The van der Waals surface area contributed by atoms with Gasteiger partial charge in [0.2, 0.25) is 0 Å². The number of rotatable bonds is 2. The van der Waals surface area contributed by atoms with Crippen LogP contribution < -0.4 is 14.3 Å². The topological polar surface area (TPSA) is 44.8 Å². The average molecular weight is 388 g/mol. The van der Waals surface area contributed by atoms with Crippen LogP contribution in [-0.4, -0.2) is 28.2 Å². The molecule has 1 unspecified atom stereocenters. The van der Waals surface area contributed by atoms with Crippen molar-refractivity contribution < 1.29 is 9.47 Å². The zero-order valence-corrected chi connectivity index (χ0v) is 17.1. The van der Waals surface area contributed by atoms with E-state index in [-0.39, 0.29) is 0 Å². The van der Waals surface area contributed by atoms with Crippen LogP contribution >= 0.6 is 0 Å². The molecule has 0 N–H and O–H groups in total. The molecule has 29 heavy (non-hydrogen) atoms. The number of fused-ring (bicyclic) bond motifs is 6. The lowest BCUT2D eigenvalue weighted by Crippen LogP contribution is -2.34. The van der Waals surface area contributed by atoms with E-state index in [1.807, 2.05) is 55.4 Å². The molecule has 3 aromatic rings. The number of quaternary nitrogens is 1. The summed E-state index contributed by atoms with van der Waals surface area (Å²) in [7, 11) is 7.23. The highest BCUT2D eigenvalue weighted by atomic mass is 16.5. The van der Waals surface area contributed by atoms with Gasteiger partial charge in [0.25, 0.3) is 0 Å². The number of hydrogen-bond donors (Lipinski definition) is 0. The monoisotopic (exact) mass is 388 g/mol. The van der Waals surface area contributed by atoms with Crippen LogP contribution in [0.5, 0.6) is 11.5 Å². The van der Waals surface area contributed by atoms with E-state index >= 15 is 0 Å². The molecule has 0 bridgehead atoms. The van der Waals surface area contributed by atoms with Gasteiger partial charge in [0, 0.05) is 49.1 Å². The number of ether oxygens (including phenoxy) is 2. The lowest BCUT2D eigenvalue weighted by molar-refractivity contribution is 0.0199. The number of anilines is 1. The van der Waals surface area contributed by atoms with E-state index in [2.05, 4.69) is 24.3 Å². The summed E-state index contributed by atoms with van der Waals surface area (Å²) < 4.78 is 12.4. The number of hydroxylamine groups is 2. The predicted octanol–water partition coefficient (Wildman–Crippen LogP) is 4.75.